The van der Waals surface area contributed by atoms with Crippen LogP contribution in [0.4, 0.5) is 0 Å². The monoisotopic (exact) mass is 167 g/mol. The molecule has 1 rings (SSSR count). The zero-order valence-electron chi connectivity index (χ0n) is 6.01. The Balaban J connectivity index is 2.74. The van der Waals surface area contributed by atoms with Crippen LogP contribution in [0, 0.1) is 0 Å². The lowest BCUT2D eigenvalue weighted by Gasteiger charge is -1.95. The molecule has 0 aliphatic heterocycles. The van der Waals surface area contributed by atoms with Crippen LogP contribution in [0.5, 0.6) is 0 Å². The maximum atomic E-state index is 10.1. The summed E-state index contributed by atoms with van der Waals surface area (Å²) in [5.74, 6) is 0.615. The van der Waals surface area contributed by atoms with E-state index in [9.17, 15) is 4.79 Å². The fourth-order valence-electron chi connectivity index (χ4n) is 0.849. The van der Waals surface area contributed by atoms with Gasteiger partial charge in [-0.3, -0.25) is 4.79 Å². The minimum Gasteiger partial charge on any atom is -0.285 e. The first-order valence-electron chi connectivity index (χ1n) is 3.40. The number of hydrogen-bond acceptors (Lipinski definition) is 1. The maximum Gasteiger partial charge on any atom is 0.233 e. The molecule has 1 aromatic carbocycles. The van der Waals surface area contributed by atoms with Gasteiger partial charge in [0.15, 0.2) is 0 Å². The van der Waals surface area contributed by atoms with Gasteiger partial charge >= 0.3 is 0 Å². The van der Waals surface area contributed by atoms with Crippen molar-refractivity contribution < 1.29 is 4.79 Å². The smallest absolute Gasteiger partial charge is 0.233 e. The van der Waals surface area contributed by atoms with Crippen molar-refractivity contribution in [1.82, 2.24) is 0 Å². The molecule has 0 aromatic heterocycles. The van der Waals surface area contributed by atoms with Crippen molar-refractivity contribution in [3.05, 3.63) is 35.4 Å². The highest BCUT2D eigenvalue weighted by Gasteiger charge is 1.92. The van der Waals surface area contributed by atoms with Gasteiger partial charge in [-0.2, -0.15) is 0 Å². The minimum absolute atomic E-state index is 0.586. The SMILES string of the molecule is O=[C]c1ccc(CCCl)cc1. The Bertz CT molecular complexity index is 228. The lowest BCUT2D eigenvalue weighted by atomic mass is 10.1. The van der Waals surface area contributed by atoms with E-state index >= 15 is 0 Å². The first-order chi connectivity index (χ1) is 5.36. The zero-order valence-corrected chi connectivity index (χ0v) is 6.77. The number of benzene rings is 1. The molecule has 0 spiro atoms. The first-order valence-corrected chi connectivity index (χ1v) is 3.93. The highest BCUT2D eigenvalue weighted by molar-refractivity contribution is 6.17. The molecular weight excluding hydrogens is 160 g/mol. The summed E-state index contributed by atoms with van der Waals surface area (Å²) in [6, 6.07) is 7.27. The highest BCUT2D eigenvalue weighted by atomic mass is 35.5. The summed E-state index contributed by atoms with van der Waals surface area (Å²) < 4.78 is 0. The van der Waals surface area contributed by atoms with Gasteiger partial charge < -0.3 is 0 Å². The Morgan fingerprint density at radius 1 is 1.27 bits per heavy atom. The Labute approximate surface area is 71.0 Å². The standard InChI is InChI=1S/C9H8ClO/c10-6-5-8-1-3-9(7-11)4-2-8/h1-4H,5-6H2. The number of alkyl halides is 1. The predicted octanol–water partition coefficient (Wildman–Crippen LogP) is 1.93. The quantitative estimate of drug-likeness (QED) is 0.629. The van der Waals surface area contributed by atoms with Gasteiger partial charge in [-0.25, -0.2) is 0 Å². The number of hydrogen-bond donors (Lipinski definition) is 0. The van der Waals surface area contributed by atoms with Gasteiger partial charge in [-0.05, 0) is 12.0 Å². The molecular formula is C9H8ClO. The lowest BCUT2D eigenvalue weighted by molar-refractivity contribution is 0.563. The summed E-state index contributed by atoms with van der Waals surface area (Å²) >= 11 is 5.53. The van der Waals surface area contributed by atoms with E-state index in [-0.39, 0.29) is 0 Å². The van der Waals surface area contributed by atoms with Crippen molar-refractivity contribution in [1.29, 1.82) is 0 Å². The molecule has 0 saturated heterocycles. The van der Waals surface area contributed by atoms with E-state index in [2.05, 4.69) is 0 Å². The van der Waals surface area contributed by atoms with Crippen molar-refractivity contribution >= 4 is 17.9 Å². The lowest BCUT2D eigenvalue weighted by Crippen LogP contribution is -1.86. The van der Waals surface area contributed by atoms with E-state index in [1.165, 1.54) is 0 Å². The molecule has 0 heterocycles. The highest BCUT2D eigenvalue weighted by Crippen LogP contribution is 2.03. The fourth-order valence-corrected chi connectivity index (χ4v) is 1.07. The maximum absolute atomic E-state index is 10.1. The average molecular weight is 168 g/mol. The molecule has 11 heavy (non-hydrogen) atoms. The molecule has 0 N–H and O–H groups in total. The summed E-state index contributed by atoms with van der Waals surface area (Å²) in [5.41, 5.74) is 1.74. The molecule has 0 unspecified atom stereocenters. The largest absolute Gasteiger partial charge is 0.285 e. The molecule has 0 aliphatic rings. The zero-order chi connectivity index (χ0) is 8.10. The van der Waals surface area contributed by atoms with Crippen LogP contribution < -0.4 is 0 Å². The molecule has 1 nitrogen and oxygen atoms in total. The first kappa shape index (κ1) is 8.28. The topological polar surface area (TPSA) is 17.1 Å². The summed E-state index contributed by atoms with van der Waals surface area (Å²) in [6.07, 6.45) is 2.66. The van der Waals surface area contributed by atoms with Gasteiger partial charge in [-0.15, -0.1) is 11.6 Å². The second-order valence-corrected chi connectivity index (χ2v) is 2.62. The van der Waals surface area contributed by atoms with Crippen molar-refractivity contribution in [2.45, 2.75) is 6.42 Å². The second kappa shape index (κ2) is 4.14. The van der Waals surface area contributed by atoms with Crippen LogP contribution in [0.1, 0.15) is 11.1 Å². The number of rotatable bonds is 3. The molecule has 0 bridgehead atoms. The van der Waals surface area contributed by atoms with E-state index in [1.807, 2.05) is 18.4 Å². The van der Waals surface area contributed by atoms with Gasteiger partial charge in [0.1, 0.15) is 0 Å². The summed E-state index contributed by atoms with van der Waals surface area (Å²) in [4.78, 5) is 10.1. The molecule has 0 amide bonds. The van der Waals surface area contributed by atoms with Crippen LogP contribution in [-0.2, 0) is 11.2 Å². The Morgan fingerprint density at radius 2 is 1.91 bits per heavy atom. The van der Waals surface area contributed by atoms with Gasteiger partial charge in [0.25, 0.3) is 0 Å². The van der Waals surface area contributed by atoms with Crippen LogP contribution in [-0.4, -0.2) is 12.2 Å². The Hall–Kier alpha value is -0.820. The number of carbonyl (C=O) groups excluding carboxylic acids is 1. The molecule has 57 valence electrons. The molecule has 0 fully saturated rings. The van der Waals surface area contributed by atoms with Gasteiger partial charge in [0, 0.05) is 11.4 Å². The van der Waals surface area contributed by atoms with E-state index in [1.54, 1.807) is 12.1 Å². The number of aryl methyl sites for hydroxylation is 1. The third-order valence-electron chi connectivity index (χ3n) is 1.45. The third kappa shape index (κ3) is 2.35. The van der Waals surface area contributed by atoms with Gasteiger partial charge in [0.05, 0.1) is 0 Å². The molecule has 0 aliphatic carbocycles. The van der Waals surface area contributed by atoms with Crippen LogP contribution in [0.2, 0.25) is 0 Å². The van der Waals surface area contributed by atoms with Crippen molar-refractivity contribution in [3.63, 3.8) is 0 Å². The average Bonchev–Trinajstić information content (AvgIpc) is 2.07. The van der Waals surface area contributed by atoms with E-state index in [4.69, 9.17) is 11.6 Å². The van der Waals surface area contributed by atoms with E-state index < -0.39 is 0 Å². The minimum atomic E-state index is 0.586. The van der Waals surface area contributed by atoms with E-state index in [0.29, 0.717) is 11.4 Å². The number of halogens is 1. The predicted molar refractivity (Wildman–Crippen MR) is 45.7 cm³/mol. The van der Waals surface area contributed by atoms with Gasteiger partial charge in [0.2, 0.25) is 6.29 Å². The van der Waals surface area contributed by atoms with Crippen LogP contribution in [0.25, 0.3) is 0 Å². The summed E-state index contributed by atoms with van der Waals surface area (Å²) in [6.45, 7) is 0. The van der Waals surface area contributed by atoms with Gasteiger partial charge in [-0.1, -0.05) is 24.3 Å². The molecule has 1 radical (unpaired) electrons. The van der Waals surface area contributed by atoms with Crippen molar-refractivity contribution in [2.75, 3.05) is 5.88 Å². The van der Waals surface area contributed by atoms with Crippen molar-refractivity contribution in [3.8, 4) is 0 Å². The fraction of sp³-hybridized carbons (Fsp3) is 0.222. The van der Waals surface area contributed by atoms with Crippen LogP contribution in [0.15, 0.2) is 24.3 Å². The molecule has 0 saturated carbocycles. The van der Waals surface area contributed by atoms with Crippen LogP contribution >= 0.6 is 11.6 Å². The second-order valence-electron chi connectivity index (χ2n) is 2.24. The molecule has 1 aromatic rings. The third-order valence-corrected chi connectivity index (χ3v) is 1.64. The summed E-state index contributed by atoms with van der Waals surface area (Å²) in [7, 11) is 0. The Morgan fingerprint density at radius 3 is 2.36 bits per heavy atom. The van der Waals surface area contributed by atoms with Crippen molar-refractivity contribution in [2.24, 2.45) is 0 Å². The molecule has 0 atom stereocenters. The molecule has 2 heteroatoms. The van der Waals surface area contributed by atoms with Crippen LogP contribution in [0.3, 0.4) is 0 Å². The van der Waals surface area contributed by atoms with E-state index in [0.717, 1.165) is 12.0 Å². The Kier molecular flexibility index (Phi) is 3.12. The summed E-state index contributed by atoms with van der Waals surface area (Å²) in [5, 5.41) is 0. The normalized spacial score (nSPS) is 9.55.